The highest BCUT2D eigenvalue weighted by Gasteiger charge is 2.31. The number of hydrogen-bond donors (Lipinski definition) is 0. The van der Waals surface area contributed by atoms with Crippen molar-refractivity contribution in [2.24, 2.45) is 11.8 Å². The highest BCUT2D eigenvalue weighted by atomic mass is 16.2. The summed E-state index contributed by atoms with van der Waals surface area (Å²) in [5.74, 6) is 1.08. The maximum absolute atomic E-state index is 13.3. The van der Waals surface area contributed by atoms with Gasteiger partial charge in [-0.1, -0.05) is 30.3 Å². The normalized spacial score (nSPS) is 20.2. The van der Waals surface area contributed by atoms with Crippen molar-refractivity contribution in [2.75, 3.05) is 31.1 Å². The van der Waals surface area contributed by atoms with Gasteiger partial charge in [0.15, 0.2) is 5.65 Å². The first kappa shape index (κ1) is 19.9. The molecule has 2 aliphatic rings. The van der Waals surface area contributed by atoms with E-state index in [-0.39, 0.29) is 5.92 Å². The molecule has 6 nitrogen and oxygen atoms in total. The third-order valence-electron chi connectivity index (χ3n) is 6.74. The van der Waals surface area contributed by atoms with Crippen LogP contribution >= 0.6 is 0 Å². The minimum Gasteiger partial charge on any atom is -0.369 e. The zero-order valence-electron chi connectivity index (χ0n) is 17.9. The van der Waals surface area contributed by atoms with Crippen LogP contribution in [0.2, 0.25) is 0 Å². The Bertz CT molecular complexity index is 1030. The van der Waals surface area contributed by atoms with Gasteiger partial charge in [0.1, 0.15) is 5.52 Å². The van der Waals surface area contributed by atoms with E-state index in [9.17, 15) is 4.79 Å². The molecule has 2 fully saturated rings. The van der Waals surface area contributed by atoms with Crippen LogP contribution < -0.4 is 4.90 Å². The van der Waals surface area contributed by atoms with Gasteiger partial charge in [-0.3, -0.25) is 9.78 Å². The van der Waals surface area contributed by atoms with E-state index in [2.05, 4.69) is 55.1 Å². The number of carbonyl (C=O) groups excluding carboxylic acids is 1. The number of likely N-dealkylation sites (tertiary alicyclic amines) is 1. The number of anilines is 1. The molecular weight excluding hydrogens is 386 g/mol. The third-order valence-corrected chi connectivity index (χ3v) is 6.74. The summed E-state index contributed by atoms with van der Waals surface area (Å²) < 4.78 is 0. The van der Waals surface area contributed by atoms with Crippen LogP contribution in [0.4, 0.5) is 5.69 Å². The number of rotatable bonds is 4. The molecule has 2 aromatic heterocycles. The second kappa shape index (κ2) is 9.00. The van der Waals surface area contributed by atoms with Crippen molar-refractivity contribution < 1.29 is 4.79 Å². The highest BCUT2D eigenvalue weighted by Crippen LogP contribution is 2.28. The van der Waals surface area contributed by atoms with Gasteiger partial charge in [-0.25, -0.2) is 9.97 Å². The van der Waals surface area contributed by atoms with E-state index in [1.165, 1.54) is 5.56 Å². The Labute approximate surface area is 183 Å². The zero-order chi connectivity index (χ0) is 21.0. The molecule has 1 aromatic carbocycles. The minimum absolute atomic E-state index is 0.0666. The molecule has 0 unspecified atom stereocenters. The molecular formula is C25H29N5O. The monoisotopic (exact) mass is 415 g/mol. The predicted octanol–water partition coefficient (Wildman–Crippen LogP) is 3.72. The Balaban J connectivity index is 1.19. The molecule has 31 heavy (non-hydrogen) atoms. The molecule has 0 bridgehead atoms. The molecule has 5 rings (SSSR count). The summed E-state index contributed by atoms with van der Waals surface area (Å²) in [6.45, 7) is 3.49. The smallest absolute Gasteiger partial charge is 0.227 e. The highest BCUT2D eigenvalue weighted by molar-refractivity contribution is 5.80. The van der Waals surface area contributed by atoms with Crippen LogP contribution in [0.25, 0.3) is 11.2 Å². The van der Waals surface area contributed by atoms with Gasteiger partial charge in [0, 0.05) is 38.6 Å². The second-order valence-electron chi connectivity index (χ2n) is 8.84. The Kier molecular flexibility index (Phi) is 5.78. The van der Waals surface area contributed by atoms with Crippen molar-refractivity contribution in [3.8, 4) is 0 Å². The Morgan fingerprint density at radius 1 is 0.968 bits per heavy atom. The summed E-state index contributed by atoms with van der Waals surface area (Å²) >= 11 is 0. The van der Waals surface area contributed by atoms with Gasteiger partial charge in [-0.2, -0.15) is 0 Å². The quantitative estimate of drug-likeness (QED) is 0.650. The summed E-state index contributed by atoms with van der Waals surface area (Å²) in [6, 6.07) is 12.8. The Morgan fingerprint density at radius 2 is 1.77 bits per heavy atom. The second-order valence-corrected chi connectivity index (χ2v) is 8.84. The molecule has 1 amide bonds. The standard InChI is InChI=1S/C25H29N5O/c31-25(29-13-8-20(9-14-29)15-19-5-2-1-3-6-19)21-7-4-12-30(18-21)22-16-23-24(28-17-22)27-11-10-26-23/h1-3,5-6,10-11,16-17,20-21H,4,7-9,12-15,18H2/t21-/m0/s1. The molecule has 0 N–H and O–H groups in total. The molecule has 6 heteroatoms. The number of nitrogens with zero attached hydrogens (tertiary/aromatic N) is 5. The molecule has 2 aliphatic heterocycles. The lowest BCUT2D eigenvalue weighted by Crippen LogP contribution is -2.47. The number of hydrogen-bond acceptors (Lipinski definition) is 5. The van der Waals surface area contributed by atoms with E-state index in [1.807, 2.05) is 12.3 Å². The van der Waals surface area contributed by atoms with E-state index in [1.54, 1.807) is 12.4 Å². The SMILES string of the molecule is O=C([C@H]1CCCN(c2cnc3nccnc3c2)C1)N1CCC(Cc2ccccc2)CC1. The molecule has 3 aromatic rings. The summed E-state index contributed by atoms with van der Waals surface area (Å²) in [6.07, 6.45) is 10.5. The molecule has 160 valence electrons. The summed E-state index contributed by atoms with van der Waals surface area (Å²) in [4.78, 5) is 30.7. The zero-order valence-corrected chi connectivity index (χ0v) is 17.9. The molecule has 0 saturated carbocycles. The number of benzene rings is 1. The van der Waals surface area contributed by atoms with Crippen molar-refractivity contribution in [1.29, 1.82) is 0 Å². The van der Waals surface area contributed by atoms with E-state index in [0.717, 1.165) is 69.5 Å². The lowest BCUT2D eigenvalue weighted by atomic mass is 9.89. The first-order valence-corrected chi connectivity index (χ1v) is 11.4. The fourth-order valence-electron chi connectivity index (χ4n) is 5.00. The van der Waals surface area contributed by atoms with Crippen molar-refractivity contribution in [3.05, 3.63) is 60.6 Å². The number of fused-ring (bicyclic) bond motifs is 1. The van der Waals surface area contributed by atoms with E-state index in [0.29, 0.717) is 17.5 Å². The number of amides is 1. The van der Waals surface area contributed by atoms with Crippen LogP contribution in [0, 0.1) is 11.8 Å². The summed E-state index contributed by atoms with van der Waals surface area (Å²) in [7, 11) is 0. The van der Waals surface area contributed by atoms with Gasteiger partial charge in [0.2, 0.25) is 5.91 Å². The minimum atomic E-state index is 0.0666. The first-order valence-electron chi connectivity index (χ1n) is 11.4. The van der Waals surface area contributed by atoms with Crippen molar-refractivity contribution in [1.82, 2.24) is 19.9 Å². The molecule has 2 saturated heterocycles. The van der Waals surface area contributed by atoms with Gasteiger partial charge in [0.05, 0.1) is 17.8 Å². The number of pyridine rings is 1. The van der Waals surface area contributed by atoms with Gasteiger partial charge < -0.3 is 9.80 Å². The van der Waals surface area contributed by atoms with Gasteiger partial charge in [-0.15, -0.1) is 0 Å². The van der Waals surface area contributed by atoms with Crippen molar-refractivity contribution >= 4 is 22.8 Å². The summed E-state index contributed by atoms with van der Waals surface area (Å²) in [5.41, 5.74) is 3.90. The van der Waals surface area contributed by atoms with Crippen LogP contribution in [-0.4, -0.2) is 51.9 Å². The largest absolute Gasteiger partial charge is 0.369 e. The van der Waals surface area contributed by atoms with Crippen molar-refractivity contribution in [3.63, 3.8) is 0 Å². The number of aromatic nitrogens is 3. The number of carbonyl (C=O) groups is 1. The molecule has 0 spiro atoms. The van der Waals surface area contributed by atoms with Crippen molar-refractivity contribution in [2.45, 2.75) is 32.1 Å². The molecule has 0 radical (unpaired) electrons. The van der Waals surface area contributed by atoms with Crippen LogP contribution in [0.3, 0.4) is 0 Å². The topological polar surface area (TPSA) is 62.2 Å². The van der Waals surface area contributed by atoms with Crippen LogP contribution in [0.1, 0.15) is 31.2 Å². The van der Waals surface area contributed by atoms with E-state index >= 15 is 0 Å². The average molecular weight is 416 g/mol. The average Bonchev–Trinajstić information content (AvgIpc) is 2.84. The molecule has 4 heterocycles. The van der Waals surface area contributed by atoms with E-state index < -0.39 is 0 Å². The van der Waals surface area contributed by atoms with Crippen LogP contribution in [0.5, 0.6) is 0 Å². The predicted molar refractivity (Wildman–Crippen MR) is 122 cm³/mol. The molecule has 0 aliphatic carbocycles. The first-order chi connectivity index (χ1) is 15.3. The lowest BCUT2D eigenvalue weighted by molar-refractivity contribution is -0.137. The maximum atomic E-state index is 13.3. The number of piperidine rings is 2. The van der Waals surface area contributed by atoms with Gasteiger partial charge >= 0.3 is 0 Å². The maximum Gasteiger partial charge on any atom is 0.227 e. The van der Waals surface area contributed by atoms with E-state index in [4.69, 9.17) is 0 Å². The fourth-order valence-corrected chi connectivity index (χ4v) is 5.00. The molecule has 1 atom stereocenters. The third kappa shape index (κ3) is 4.53. The summed E-state index contributed by atoms with van der Waals surface area (Å²) in [5, 5.41) is 0. The fraction of sp³-hybridized carbons (Fsp3) is 0.440. The van der Waals surface area contributed by atoms with Crippen LogP contribution in [-0.2, 0) is 11.2 Å². The Hall–Kier alpha value is -3.02. The van der Waals surface area contributed by atoms with Gasteiger partial charge in [0.25, 0.3) is 0 Å². The Morgan fingerprint density at radius 3 is 2.61 bits per heavy atom. The van der Waals surface area contributed by atoms with Gasteiger partial charge in [-0.05, 0) is 49.7 Å². The lowest BCUT2D eigenvalue weighted by Gasteiger charge is -2.38. The van der Waals surface area contributed by atoms with Crippen LogP contribution in [0.15, 0.2) is 55.0 Å².